The molecule has 0 saturated heterocycles. The third-order valence-corrected chi connectivity index (χ3v) is 2.43. The van der Waals surface area contributed by atoms with Gasteiger partial charge in [0.1, 0.15) is 0 Å². The van der Waals surface area contributed by atoms with E-state index in [1.165, 1.54) is 24.3 Å². The standard InChI is InChI=1S/C9H10O4S2.Na/c10-9(8-4-2-1-3-5-8)14-6-7-15(11,12)13;/h1-5H,6-7H2,(H,11,12,13);/q;+1/p-1/i6D2,7D2;. The molecule has 0 aliphatic carbocycles. The molecule has 1 rings (SSSR count). The van der Waals surface area contributed by atoms with Crippen LogP contribution in [0.3, 0.4) is 0 Å². The fraction of sp³-hybridized carbons (Fsp3) is 0.222. The van der Waals surface area contributed by atoms with Gasteiger partial charge in [0.2, 0.25) is 5.12 Å². The van der Waals surface area contributed by atoms with Crippen molar-refractivity contribution in [3.8, 4) is 0 Å². The van der Waals surface area contributed by atoms with E-state index in [0.717, 1.165) is 0 Å². The van der Waals surface area contributed by atoms with Gasteiger partial charge in [-0.25, -0.2) is 8.42 Å². The second-order valence-electron chi connectivity index (χ2n) is 2.41. The van der Waals surface area contributed by atoms with Crippen LogP contribution >= 0.6 is 11.8 Å². The van der Waals surface area contributed by atoms with E-state index in [1.807, 2.05) is 0 Å². The summed E-state index contributed by atoms with van der Waals surface area (Å²) in [6, 6.07) is 7.39. The molecule has 1 aromatic carbocycles. The average molecular weight is 272 g/mol. The predicted octanol–water partition coefficient (Wildman–Crippen LogP) is -1.89. The fourth-order valence-electron chi connectivity index (χ4n) is 0.751. The quantitative estimate of drug-likeness (QED) is 0.473. The Morgan fingerprint density at radius 3 is 2.44 bits per heavy atom. The van der Waals surface area contributed by atoms with E-state index in [-0.39, 0.29) is 46.9 Å². The molecule has 0 aliphatic heterocycles. The molecule has 7 heteroatoms. The van der Waals surface area contributed by atoms with Crippen LogP contribution in [0.25, 0.3) is 0 Å². The summed E-state index contributed by atoms with van der Waals surface area (Å²) < 4.78 is 60.9. The van der Waals surface area contributed by atoms with Crippen molar-refractivity contribution in [2.24, 2.45) is 0 Å². The Morgan fingerprint density at radius 2 is 1.94 bits per heavy atom. The van der Waals surface area contributed by atoms with Crippen LogP contribution in [0.4, 0.5) is 0 Å². The first-order valence-electron chi connectivity index (χ1n) is 5.73. The molecular weight excluding hydrogens is 259 g/mol. The number of rotatable bonds is 4. The van der Waals surface area contributed by atoms with E-state index in [9.17, 15) is 17.8 Å². The zero-order chi connectivity index (χ0) is 14.9. The molecule has 0 atom stereocenters. The summed E-state index contributed by atoms with van der Waals surface area (Å²) >= 11 is -0.171. The maximum Gasteiger partial charge on any atom is 1.00 e. The predicted molar refractivity (Wildman–Crippen MR) is 57.8 cm³/mol. The van der Waals surface area contributed by atoms with Gasteiger partial charge < -0.3 is 4.55 Å². The molecule has 1 aromatic rings. The van der Waals surface area contributed by atoms with Crippen LogP contribution in [-0.2, 0) is 10.1 Å². The first-order valence-corrected chi connectivity index (χ1v) is 5.95. The molecule has 0 N–H and O–H groups in total. The topological polar surface area (TPSA) is 74.3 Å². The Bertz CT molecular complexity index is 577. The van der Waals surface area contributed by atoms with Crippen molar-refractivity contribution < 1.29 is 52.8 Å². The largest absolute Gasteiger partial charge is 1.00 e. The van der Waals surface area contributed by atoms with Gasteiger partial charge in [0.25, 0.3) is 0 Å². The maximum atomic E-state index is 11.7. The number of hydrogen-bond donors (Lipinski definition) is 0. The number of thioether (sulfide) groups is 1. The minimum absolute atomic E-state index is 0. The van der Waals surface area contributed by atoms with E-state index in [4.69, 9.17) is 5.48 Å². The SMILES string of the molecule is [2H]C([2H])(SC(=O)c1ccccc1)C([2H])([2H])S(=O)(=O)[O-].[Na+]. The van der Waals surface area contributed by atoms with Crippen molar-refractivity contribution in [1.29, 1.82) is 0 Å². The Balaban J connectivity index is 0.00000361. The van der Waals surface area contributed by atoms with Gasteiger partial charge in [0, 0.05) is 22.5 Å². The second kappa shape index (κ2) is 7.47. The van der Waals surface area contributed by atoms with Gasteiger partial charge in [-0.2, -0.15) is 0 Å². The van der Waals surface area contributed by atoms with Gasteiger partial charge >= 0.3 is 29.6 Å². The summed E-state index contributed by atoms with van der Waals surface area (Å²) in [7, 11) is -5.55. The first kappa shape index (κ1) is 10.1. The Labute approximate surface area is 126 Å². The molecular formula is C9H9NaO4S2. The van der Waals surface area contributed by atoms with Crippen molar-refractivity contribution in [1.82, 2.24) is 0 Å². The third-order valence-electron chi connectivity index (χ3n) is 1.32. The maximum absolute atomic E-state index is 11.7. The average Bonchev–Trinajstić information content (AvgIpc) is 2.28. The van der Waals surface area contributed by atoms with Gasteiger partial charge in [0.15, 0.2) is 0 Å². The van der Waals surface area contributed by atoms with Crippen molar-refractivity contribution in [3.63, 3.8) is 0 Å². The van der Waals surface area contributed by atoms with Gasteiger partial charge in [-0.3, -0.25) is 4.79 Å². The molecule has 82 valence electrons. The molecule has 0 saturated carbocycles. The van der Waals surface area contributed by atoms with Crippen molar-refractivity contribution in [2.75, 3.05) is 11.4 Å². The van der Waals surface area contributed by atoms with Crippen LogP contribution in [-0.4, -0.2) is 29.5 Å². The van der Waals surface area contributed by atoms with E-state index in [0.29, 0.717) is 0 Å². The van der Waals surface area contributed by atoms with Crippen LogP contribution in [0.1, 0.15) is 15.8 Å². The molecule has 0 aromatic heterocycles. The molecule has 4 nitrogen and oxygen atoms in total. The van der Waals surface area contributed by atoms with Crippen LogP contribution < -0.4 is 29.6 Å². The summed E-state index contributed by atoms with van der Waals surface area (Å²) in [4.78, 5) is 11.7. The van der Waals surface area contributed by atoms with Gasteiger partial charge in [-0.05, 0) is 0 Å². The number of benzene rings is 1. The zero-order valence-electron chi connectivity index (χ0n) is 12.3. The van der Waals surface area contributed by atoms with Crippen molar-refractivity contribution >= 4 is 27.0 Å². The molecule has 0 unspecified atom stereocenters. The van der Waals surface area contributed by atoms with Gasteiger partial charge in [-0.1, -0.05) is 42.1 Å². The van der Waals surface area contributed by atoms with Gasteiger partial charge in [-0.15, -0.1) is 0 Å². The molecule has 0 bridgehead atoms. The molecule has 0 radical (unpaired) electrons. The normalized spacial score (nSPS) is 16.1. The molecule has 0 fully saturated rings. The van der Waals surface area contributed by atoms with E-state index in [2.05, 4.69) is 0 Å². The Hall–Kier alpha value is 0.150. The second-order valence-corrected chi connectivity index (χ2v) is 4.31. The smallest absolute Gasteiger partial charge is 0.748 e. The molecule has 0 amide bonds. The van der Waals surface area contributed by atoms with E-state index < -0.39 is 26.6 Å². The molecule has 0 heterocycles. The van der Waals surface area contributed by atoms with Crippen LogP contribution in [0.2, 0.25) is 0 Å². The number of carbonyl (C=O) groups excluding carboxylic acids is 1. The van der Waals surface area contributed by atoms with Crippen LogP contribution in [0.15, 0.2) is 30.3 Å². The summed E-state index contributed by atoms with van der Waals surface area (Å²) in [5, 5.41) is -0.863. The fourth-order valence-corrected chi connectivity index (χ4v) is 1.67. The Kier molecular flexibility index (Phi) is 4.72. The Morgan fingerprint density at radius 1 is 1.38 bits per heavy atom. The summed E-state index contributed by atoms with van der Waals surface area (Å²) in [5.41, 5.74) is -6.83. The molecule has 0 spiro atoms. The minimum atomic E-state index is -5.55. The van der Waals surface area contributed by atoms with Crippen LogP contribution in [0, 0.1) is 0 Å². The van der Waals surface area contributed by atoms with Crippen LogP contribution in [0.5, 0.6) is 0 Å². The zero-order valence-corrected chi connectivity index (χ0v) is 12.0. The molecule has 16 heavy (non-hydrogen) atoms. The molecule has 0 aliphatic rings. The van der Waals surface area contributed by atoms with Gasteiger partial charge in [0.05, 0.1) is 10.1 Å². The summed E-state index contributed by atoms with van der Waals surface area (Å²) in [5.74, 6) is 0. The van der Waals surface area contributed by atoms with Crippen molar-refractivity contribution in [3.05, 3.63) is 35.9 Å². The minimum Gasteiger partial charge on any atom is -0.748 e. The van der Waals surface area contributed by atoms with E-state index in [1.54, 1.807) is 6.07 Å². The van der Waals surface area contributed by atoms with E-state index >= 15 is 0 Å². The monoisotopic (exact) mass is 272 g/mol. The summed E-state index contributed by atoms with van der Waals surface area (Å²) in [6.45, 7) is 0. The van der Waals surface area contributed by atoms with Crippen molar-refractivity contribution in [2.45, 2.75) is 0 Å². The number of carbonyl (C=O) groups is 1. The summed E-state index contributed by atoms with van der Waals surface area (Å²) in [6.07, 6.45) is 0. The third kappa shape index (κ3) is 6.67. The number of hydrogen-bond acceptors (Lipinski definition) is 5. The first-order chi connectivity index (χ1) is 8.49.